The zero-order valence-corrected chi connectivity index (χ0v) is 16.1. The third-order valence-corrected chi connectivity index (χ3v) is 4.42. The van der Waals surface area contributed by atoms with Gasteiger partial charge in [-0.25, -0.2) is 4.79 Å². The van der Waals surface area contributed by atoms with Gasteiger partial charge in [-0.15, -0.1) is 0 Å². The maximum absolute atomic E-state index is 12.6. The van der Waals surface area contributed by atoms with Crippen molar-refractivity contribution in [3.63, 3.8) is 0 Å². The minimum atomic E-state index is -0.952. The lowest BCUT2D eigenvalue weighted by Crippen LogP contribution is -2.25. The number of H-pyrrole nitrogens is 1. The lowest BCUT2D eigenvalue weighted by molar-refractivity contribution is 0.0317. The van der Waals surface area contributed by atoms with Crippen LogP contribution in [-0.2, 0) is 4.74 Å². The van der Waals surface area contributed by atoms with Crippen LogP contribution in [0.15, 0.2) is 24.3 Å². The van der Waals surface area contributed by atoms with Gasteiger partial charge >= 0.3 is 5.97 Å². The van der Waals surface area contributed by atoms with Gasteiger partial charge < -0.3 is 9.72 Å². The highest BCUT2D eigenvalue weighted by Crippen LogP contribution is 2.21. The third kappa shape index (κ3) is 3.75. The summed E-state index contributed by atoms with van der Waals surface area (Å²) in [5.74, 6) is -1.02. The Labute approximate surface area is 153 Å². The molecule has 0 aliphatic rings. The molecular weight excluding hydrogens is 421 g/mol. The number of Topliss-reactive ketones (excluding diaryl/α,β-unsaturated/α-hetero) is 2. The van der Waals surface area contributed by atoms with Gasteiger partial charge in [0.05, 0.1) is 11.3 Å². The molecule has 1 aromatic heterocycles. The van der Waals surface area contributed by atoms with E-state index in [4.69, 9.17) is 4.74 Å². The molecule has 5 nitrogen and oxygen atoms in total. The van der Waals surface area contributed by atoms with Crippen LogP contribution in [0.25, 0.3) is 0 Å². The van der Waals surface area contributed by atoms with E-state index in [0.717, 1.165) is 3.57 Å². The Balaban J connectivity index is 2.20. The molecule has 1 N–H and O–H groups in total. The second-order valence-electron chi connectivity index (χ2n) is 5.60. The van der Waals surface area contributed by atoms with Crippen LogP contribution < -0.4 is 0 Å². The highest BCUT2D eigenvalue weighted by molar-refractivity contribution is 14.1. The van der Waals surface area contributed by atoms with Crippen LogP contribution in [0.1, 0.15) is 56.3 Å². The molecule has 1 atom stereocenters. The molecule has 126 valence electrons. The van der Waals surface area contributed by atoms with E-state index in [0.29, 0.717) is 28.1 Å². The Morgan fingerprint density at radius 2 is 1.88 bits per heavy atom. The monoisotopic (exact) mass is 439 g/mol. The van der Waals surface area contributed by atoms with E-state index in [1.165, 1.54) is 13.8 Å². The Morgan fingerprint density at radius 1 is 1.21 bits per heavy atom. The number of nitrogens with one attached hydrogen (secondary N) is 1. The Kier molecular flexibility index (Phi) is 5.58. The maximum atomic E-state index is 12.6. The van der Waals surface area contributed by atoms with Crippen molar-refractivity contribution in [2.45, 2.75) is 33.8 Å². The fourth-order valence-electron chi connectivity index (χ4n) is 2.63. The molecule has 0 aliphatic heterocycles. The van der Waals surface area contributed by atoms with Crippen LogP contribution in [0.5, 0.6) is 0 Å². The summed E-state index contributed by atoms with van der Waals surface area (Å²) in [6, 6.07) is 6.94. The second-order valence-corrected chi connectivity index (χ2v) is 6.85. The van der Waals surface area contributed by atoms with Crippen molar-refractivity contribution in [2.24, 2.45) is 0 Å². The van der Waals surface area contributed by atoms with Crippen LogP contribution >= 0.6 is 22.6 Å². The molecule has 1 aromatic carbocycles. The summed E-state index contributed by atoms with van der Waals surface area (Å²) in [7, 11) is 0. The predicted molar refractivity (Wildman–Crippen MR) is 98.6 cm³/mol. The van der Waals surface area contributed by atoms with Crippen molar-refractivity contribution in [1.29, 1.82) is 0 Å². The number of aromatic nitrogens is 1. The first-order valence-electron chi connectivity index (χ1n) is 7.43. The summed E-state index contributed by atoms with van der Waals surface area (Å²) >= 11 is 2.10. The summed E-state index contributed by atoms with van der Waals surface area (Å²) < 4.78 is 6.18. The molecule has 0 aliphatic carbocycles. The zero-order valence-electron chi connectivity index (χ0n) is 13.9. The number of ether oxygens (including phenoxy) is 1. The normalized spacial score (nSPS) is 11.9. The van der Waals surface area contributed by atoms with Crippen LogP contribution in [-0.4, -0.2) is 28.6 Å². The van der Waals surface area contributed by atoms with E-state index < -0.39 is 12.1 Å². The number of carbonyl (C=O) groups excluding carboxylic acids is 3. The van der Waals surface area contributed by atoms with Gasteiger partial charge in [-0.05, 0) is 74.0 Å². The van der Waals surface area contributed by atoms with Gasteiger partial charge in [0.2, 0.25) is 5.78 Å². The molecule has 0 spiro atoms. The lowest BCUT2D eigenvalue weighted by Gasteiger charge is -2.12. The molecule has 1 heterocycles. The van der Waals surface area contributed by atoms with Crippen molar-refractivity contribution < 1.29 is 19.1 Å². The largest absolute Gasteiger partial charge is 0.451 e. The van der Waals surface area contributed by atoms with Gasteiger partial charge in [0.1, 0.15) is 0 Å². The molecule has 0 saturated heterocycles. The predicted octanol–water partition coefficient (Wildman–Crippen LogP) is 3.87. The van der Waals surface area contributed by atoms with E-state index in [2.05, 4.69) is 27.6 Å². The van der Waals surface area contributed by atoms with Gasteiger partial charge in [0.25, 0.3) is 0 Å². The van der Waals surface area contributed by atoms with Gasteiger partial charge in [0, 0.05) is 14.8 Å². The molecule has 2 aromatic rings. The van der Waals surface area contributed by atoms with E-state index in [1.54, 1.807) is 32.0 Å². The van der Waals surface area contributed by atoms with E-state index in [1.807, 2.05) is 6.07 Å². The van der Waals surface area contributed by atoms with Crippen molar-refractivity contribution in [3.8, 4) is 0 Å². The van der Waals surface area contributed by atoms with E-state index in [9.17, 15) is 14.4 Å². The number of benzene rings is 1. The maximum Gasteiger partial charge on any atom is 0.338 e. The number of halogens is 1. The van der Waals surface area contributed by atoms with E-state index >= 15 is 0 Å². The number of aryl methyl sites for hydroxylation is 1. The molecule has 6 heteroatoms. The summed E-state index contributed by atoms with van der Waals surface area (Å²) in [4.78, 5) is 39.3. The van der Waals surface area contributed by atoms with Crippen LogP contribution in [0.2, 0.25) is 0 Å². The summed E-state index contributed by atoms with van der Waals surface area (Å²) in [5.41, 5.74) is 2.43. The molecule has 1 unspecified atom stereocenters. The van der Waals surface area contributed by atoms with Crippen molar-refractivity contribution >= 4 is 40.1 Å². The Bertz CT molecular complexity index is 822. The molecule has 0 saturated carbocycles. The smallest absolute Gasteiger partial charge is 0.338 e. The highest BCUT2D eigenvalue weighted by atomic mass is 127. The van der Waals surface area contributed by atoms with Crippen LogP contribution in [0, 0.1) is 17.4 Å². The SMILES string of the molecule is CC(=O)c1c(C)[nH]c(C(=O)C(C)OC(=O)c2cccc(I)c2)c1C. The number of carbonyl (C=O) groups is 3. The molecule has 0 fully saturated rings. The topological polar surface area (TPSA) is 76.2 Å². The summed E-state index contributed by atoms with van der Waals surface area (Å²) in [6.45, 7) is 6.43. The van der Waals surface area contributed by atoms with Gasteiger partial charge in [-0.1, -0.05) is 6.07 Å². The molecule has 0 radical (unpaired) electrons. The number of hydrogen-bond acceptors (Lipinski definition) is 4. The highest BCUT2D eigenvalue weighted by Gasteiger charge is 2.26. The van der Waals surface area contributed by atoms with E-state index in [-0.39, 0.29) is 11.6 Å². The average molecular weight is 439 g/mol. The number of aromatic amines is 1. The minimum absolute atomic E-state index is 0.108. The Morgan fingerprint density at radius 3 is 2.42 bits per heavy atom. The number of esters is 1. The Hall–Kier alpha value is -1.96. The van der Waals surface area contributed by atoms with Gasteiger partial charge in [-0.2, -0.15) is 0 Å². The number of rotatable bonds is 5. The fraction of sp³-hybridized carbons (Fsp3) is 0.278. The first-order chi connectivity index (χ1) is 11.2. The standard InChI is InChI=1S/C18H18INO4/c1-9-15(11(3)21)10(2)20-16(9)17(22)12(4)24-18(23)13-6-5-7-14(19)8-13/h5-8,12,20H,1-4H3. The first-order valence-corrected chi connectivity index (χ1v) is 8.51. The van der Waals surface area contributed by atoms with Gasteiger partial charge in [0.15, 0.2) is 11.9 Å². The molecular formula is C18H18INO4. The molecule has 24 heavy (non-hydrogen) atoms. The summed E-state index contributed by atoms with van der Waals surface area (Å²) in [5, 5.41) is 0. The van der Waals surface area contributed by atoms with Crippen molar-refractivity contribution in [1.82, 2.24) is 4.98 Å². The molecule has 0 amide bonds. The van der Waals surface area contributed by atoms with Crippen molar-refractivity contribution in [3.05, 3.63) is 55.9 Å². The fourth-order valence-corrected chi connectivity index (χ4v) is 3.17. The average Bonchev–Trinajstić information content (AvgIpc) is 2.81. The van der Waals surface area contributed by atoms with Gasteiger partial charge in [-0.3, -0.25) is 9.59 Å². The quantitative estimate of drug-likeness (QED) is 0.436. The lowest BCUT2D eigenvalue weighted by atomic mass is 10.0. The summed E-state index contributed by atoms with van der Waals surface area (Å²) in [6.07, 6.45) is -0.952. The van der Waals surface area contributed by atoms with Crippen LogP contribution in [0.4, 0.5) is 0 Å². The van der Waals surface area contributed by atoms with Crippen molar-refractivity contribution in [2.75, 3.05) is 0 Å². The first kappa shape index (κ1) is 18.4. The van der Waals surface area contributed by atoms with Crippen LogP contribution in [0.3, 0.4) is 0 Å². The second kappa shape index (κ2) is 7.29. The number of ketones is 2. The third-order valence-electron chi connectivity index (χ3n) is 3.75. The number of hydrogen-bond donors (Lipinski definition) is 1. The minimum Gasteiger partial charge on any atom is -0.451 e. The molecule has 0 bridgehead atoms. The molecule has 2 rings (SSSR count). The zero-order chi connectivity index (χ0) is 18.0.